The fraction of sp³-hybridized carbons (Fsp3) is 0.250. The summed E-state index contributed by atoms with van der Waals surface area (Å²) < 4.78 is 0. The van der Waals surface area contributed by atoms with Crippen molar-refractivity contribution in [2.24, 2.45) is 5.10 Å². The number of thiocarbonyl (C=S) groups is 1. The number of nitrogens with one attached hydrogen (secondary N) is 1. The number of nitrogens with zero attached hydrogens (tertiary/aromatic N) is 3. The second-order valence-electron chi connectivity index (χ2n) is 3.70. The van der Waals surface area contributed by atoms with E-state index < -0.39 is 0 Å². The molecule has 17 heavy (non-hydrogen) atoms. The van der Waals surface area contributed by atoms with Crippen molar-refractivity contribution in [1.82, 2.24) is 15.3 Å². The summed E-state index contributed by atoms with van der Waals surface area (Å²) in [6.45, 7) is 2.82. The highest BCUT2D eigenvalue weighted by Gasteiger charge is 2.08. The predicted molar refractivity (Wildman–Crippen MR) is 72.6 cm³/mol. The van der Waals surface area contributed by atoms with Crippen LogP contribution in [0.2, 0.25) is 0 Å². The first-order valence-corrected chi connectivity index (χ1v) is 5.87. The van der Waals surface area contributed by atoms with Gasteiger partial charge in [-0.15, -0.1) is 0 Å². The zero-order chi connectivity index (χ0) is 12.1. The van der Waals surface area contributed by atoms with Gasteiger partial charge in [-0.05, 0) is 37.7 Å². The Morgan fingerprint density at radius 1 is 1.53 bits per heavy atom. The minimum absolute atomic E-state index is 0.619. The van der Waals surface area contributed by atoms with E-state index in [4.69, 9.17) is 12.2 Å². The van der Waals surface area contributed by atoms with Crippen LogP contribution < -0.4 is 5.43 Å². The van der Waals surface area contributed by atoms with Crippen LogP contribution in [-0.2, 0) is 0 Å². The van der Waals surface area contributed by atoms with Crippen molar-refractivity contribution in [2.45, 2.75) is 13.3 Å². The Morgan fingerprint density at radius 3 is 3.06 bits per heavy atom. The van der Waals surface area contributed by atoms with E-state index in [2.05, 4.69) is 21.6 Å². The van der Waals surface area contributed by atoms with Crippen molar-refractivity contribution >= 4 is 23.0 Å². The predicted octanol–water partition coefficient (Wildman–Crippen LogP) is 1.90. The Kier molecular flexibility index (Phi) is 3.82. The third kappa shape index (κ3) is 3.10. The summed E-state index contributed by atoms with van der Waals surface area (Å²) in [4.78, 5) is 6.18. The van der Waals surface area contributed by atoms with Crippen molar-refractivity contribution in [3.8, 4) is 0 Å². The van der Waals surface area contributed by atoms with Gasteiger partial charge in [-0.2, -0.15) is 5.10 Å². The second-order valence-corrected chi connectivity index (χ2v) is 4.08. The first-order valence-electron chi connectivity index (χ1n) is 5.46. The van der Waals surface area contributed by atoms with Gasteiger partial charge in [-0.3, -0.25) is 10.4 Å². The van der Waals surface area contributed by atoms with Gasteiger partial charge in [0.1, 0.15) is 0 Å². The SMILES string of the molecule is CC(=NNC(=S)N1C=CCC1)c1ccccn1. The van der Waals surface area contributed by atoms with E-state index in [0.29, 0.717) is 5.11 Å². The summed E-state index contributed by atoms with van der Waals surface area (Å²) >= 11 is 5.22. The highest BCUT2D eigenvalue weighted by molar-refractivity contribution is 7.80. The fourth-order valence-electron chi connectivity index (χ4n) is 1.49. The molecule has 5 heteroatoms. The first kappa shape index (κ1) is 11.7. The molecule has 0 unspecified atom stereocenters. The molecule has 0 fully saturated rings. The van der Waals surface area contributed by atoms with Gasteiger partial charge in [0, 0.05) is 18.9 Å². The molecule has 0 aromatic carbocycles. The lowest BCUT2D eigenvalue weighted by Crippen LogP contribution is -2.32. The van der Waals surface area contributed by atoms with Crippen molar-refractivity contribution in [3.05, 3.63) is 42.4 Å². The molecule has 4 nitrogen and oxygen atoms in total. The Hall–Kier alpha value is -1.75. The largest absolute Gasteiger partial charge is 0.324 e. The summed E-state index contributed by atoms with van der Waals surface area (Å²) in [7, 11) is 0. The molecule has 0 saturated heterocycles. The van der Waals surface area contributed by atoms with E-state index >= 15 is 0 Å². The average molecular weight is 246 g/mol. The molecule has 1 aromatic heterocycles. The van der Waals surface area contributed by atoms with E-state index in [1.807, 2.05) is 36.2 Å². The molecule has 2 rings (SSSR count). The molecule has 2 heterocycles. The van der Waals surface area contributed by atoms with Gasteiger partial charge in [0.25, 0.3) is 0 Å². The van der Waals surface area contributed by atoms with Gasteiger partial charge in [0.2, 0.25) is 0 Å². The summed E-state index contributed by atoms with van der Waals surface area (Å²) in [6, 6.07) is 5.73. The Morgan fingerprint density at radius 2 is 2.41 bits per heavy atom. The molecule has 1 aliphatic rings. The van der Waals surface area contributed by atoms with E-state index in [-0.39, 0.29) is 0 Å². The van der Waals surface area contributed by atoms with Crippen LogP contribution in [0.25, 0.3) is 0 Å². The molecule has 0 bridgehead atoms. The van der Waals surface area contributed by atoms with Crippen LogP contribution in [-0.4, -0.2) is 27.3 Å². The molecule has 88 valence electrons. The van der Waals surface area contributed by atoms with Crippen molar-refractivity contribution in [3.63, 3.8) is 0 Å². The third-order valence-corrected chi connectivity index (χ3v) is 2.76. The lowest BCUT2D eigenvalue weighted by Gasteiger charge is -2.15. The quantitative estimate of drug-likeness (QED) is 0.491. The minimum Gasteiger partial charge on any atom is -0.324 e. The normalized spacial score (nSPS) is 15.1. The van der Waals surface area contributed by atoms with E-state index in [1.165, 1.54) is 0 Å². The summed E-state index contributed by atoms with van der Waals surface area (Å²) in [5.41, 5.74) is 4.54. The van der Waals surface area contributed by atoms with Crippen LogP contribution in [0.4, 0.5) is 0 Å². The smallest absolute Gasteiger partial charge is 0.193 e. The van der Waals surface area contributed by atoms with E-state index in [1.54, 1.807) is 6.20 Å². The molecular weight excluding hydrogens is 232 g/mol. The summed E-state index contributed by atoms with van der Waals surface area (Å²) in [5, 5.41) is 4.85. The maximum atomic E-state index is 5.22. The van der Waals surface area contributed by atoms with E-state index in [9.17, 15) is 0 Å². The molecule has 0 saturated carbocycles. The number of hydrogen-bond donors (Lipinski definition) is 1. The van der Waals surface area contributed by atoms with Crippen LogP contribution >= 0.6 is 12.2 Å². The van der Waals surface area contributed by atoms with Gasteiger partial charge in [0.15, 0.2) is 5.11 Å². The molecule has 1 aromatic rings. The molecule has 0 atom stereocenters. The van der Waals surface area contributed by atoms with Crippen LogP contribution in [0.1, 0.15) is 19.0 Å². The van der Waals surface area contributed by atoms with Gasteiger partial charge in [0.05, 0.1) is 11.4 Å². The highest BCUT2D eigenvalue weighted by Crippen LogP contribution is 2.04. The average Bonchev–Trinajstić information content (AvgIpc) is 2.90. The van der Waals surface area contributed by atoms with Crippen LogP contribution in [0.3, 0.4) is 0 Å². The van der Waals surface area contributed by atoms with Gasteiger partial charge < -0.3 is 4.90 Å². The molecular formula is C12H14N4S. The number of aromatic nitrogens is 1. The topological polar surface area (TPSA) is 40.5 Å². The first-order chi connectivity index (χ1) is 8.27. The Labute approximate surface area is 106 Å². The van der Waals surface area contributed by atoms with Crippen molar-refractivity contribution in [2.75, 3.05) is 6.54 Å². The standard InChI is InChI=1S/C12H14N4S/c1-10(11-6-2-3-7-13-11)14-15-12(17)16-8-4-5-9-16/h2-4,6-8H,5,9H2,1H3,(H,15,17). The summed E-state index contributed by atoms with van der Waals surface area (Å²) in [5.74, 6) is 0. The lowest BCUT2D eigenvalue weighted by molar-refractivity contribution is 0.588. The molecule has 0 aliphatic carbocycles. The van der Waals surface area contributed by atoms with E-state index in [0.717, 1.165) is 24.4 Å². The van der Waals surface area contributed by atoms with Crippen molar-refractivity contribution in [1.29, 1.82) is 0 Å². The van der Waals surface area contributed by atoms with Crippen molar-refractivity contribution < 1.29 is 0 Å². The number of hydrazone groups is 1. The van der Waals surface area contributed by atoms with Gasteiger partial charge in [-0.25, -0.2) is 0 Å². The molecule has 1 aliphatic heterocycles. The maximum absolute atomic E-state index is 5.22. The molecule has 0 spiro atoms. The molecule has 0 amide bonds. The second kappa shape index (κ2) is 5.54. The highest BCUT2D eigenvalue weighted by atomic mass is 32.1. The van der Waals surface area contributed by atoms with Crippen LogP contribution in [0, 0.1) is 0 Å². The monoisotopic (exact) mass is 246 g/mol. The molecule has 1 N–H and O–H groups in total. The van der Waals surface area contributed by atoms with Gasteiger partial charge in [-0.1, -0.05) is 12.1 Å². The number of pyridine rings is 1. The Bertz CT molecular complexity index is 453. The van der Waals surface area contributed by atoms with Crippen LogP contribution in [0.15, 0.2) is 41.8 Å². The number of rotatable bonds is 2. The maximum Gasteiger partial charge on any atom is 0.193 e. The molecule has 0 radical (unpaired) electrons. The Balaban J connectivity index is 1.96. The number of hydrogen-bond acceptors (Lipinski definition) is 3. The fourth-order valence-corrected chi connectivity index (χ4v) is 1.69. The minimum atomic E-state index is 0.619. The lowest BCUT2D eigenvalue weighted by atomic mass is 10.3. The third-order valence-electron chi connectivity index (χ3n) is 2.44. The zero-order valence-electron chi connectivity index (χ0n) is 9.63. The van der Waals surface area contributed by atoms with Crippen LogP contribution in [0.5, 0.6) is 0 Å². The summed E-state index contributed by atoms with van der Waals surface area (Å²) in [6.07, 6.45) is 6.84. The zero-order valence-corrected chi connectivity index (χ0v) is 10.4. The van der Waals surface area contributed by atoms with Gasteiger partial charge >= 0.3 is 0 Å².